The number of hydrogen-bond acceptors (Lipinski definition) is 4. The normalized spacial score (nSPS) is 14.3. The van der Waals surface area contributed by atoms with Crippen LogP contribution >= 0.6 is 23.2 Å². The Balaban J connectivity index is 1.50. The first kappa shape index (κ1) is 19.7. The molecule has 0 unspecified atom stereocenters. The molecule has 1 aromatic heterocycles. The van der Waals surface area contributed by atoms with Crippen LogP contribution in [0.3, 0.4) is 0 Å². The van der Waals surface area contributed by atoms with Crippen molar-refractivity contribution in [3.8, 4) is 0 Å². The summed E-state index contributed by atoms with van der Waals surface area (Å²) in [7, 11) is 0. The van der Waals surface area contributed by atoms with Crippen LogP contribution < -0.4 is 15.4 Å². The number of para-hydroxylation sites is 1. The van der Waals surface area contributed by atoms with Crippen molar-refractivity contribution in [3.63, 3.8) is 0 Å². The summed E-state index contributed by atoms with van der Waals surface area (Å²) in [5.74, 6) is -0.234. The van der Waals surface area contributed by atoms with Gasteiger partial charge in [0.15, 0.2) is 0 Å². The largest absolute Gasteiger partial charge is 0.366 e. The fraction of sp³-hybridized carbons (Fsp3) is 0.238. The van der Waals surface area contributed by atoms with Crippen molar-refractivity contribution in [1.29, 1.82) is 0 Å². The highest BCUT2D eigenvalue weighted by Crippen LogP contribution is 2.26. The number of anilines is 2. The van der Waals surface area contributed by atoms with E-state index in [4.69, 9.17) is 23.2 Å². The molecule has 150 valence electrons. The molecule has 1 aliphatic rings. The second-order valence-corrected chi connectivity index (χ2v) is 7.61. The van der Waals surface area contributed by atoms with Gasteiger partial charge in [0.25, 0.3) is 5.56 Å². The van der Waals surface area contributed by atoms with Crippen molar-refractivity contribution >= 4 is 34.6 Å². The van der Waals surface area contributed by atoms with Gasteiger partial charge in [-0.1, -0.05) is 53.5 Å². The summed E-state index contributed by atoms with van der Waals surface area (Å²) in [5, 5.41) is 4.99. The Labute approximate surface area is 177 Å². The predicted octanol–water partition coefficient (Wildman–Crippen LogP) is 4.06. The molecule has 3 aromatic rings. The zero-order chi connectivity index (χ0) is 20.4. The summed E-state index contributed by atoms with van der Waals surface area (Å²) in [6.07, 6.45) is 1.61. The van der Waals surface area contributed by atoms with Crippen molar-refractivity contribution in [2.75, 3.05) is 36.0 Å². The highest BCUT2D eigenvalue weighted by atomic mass is 35.5. The first-order valence-electron chi connectivity index (χ1n) is 9.28. The third kappa shape index (κ3) is 4.09. The first-order valence-corrected chi connectivity index (χ1v) is 10.0. The van der Waals surface area contributed by atoms with E-state index in [-0.39, 0.29) is 22.9 Å². The number of halogens is 3. The van der Waals surface area contributed by atoms with Crippen molar-refractivity contribution in [3.05, 3.63) is 86.5 Å². The van der Waals surface area contributed by atoms with Crippen LogP contribution in [0.25, 0.3) is 0 Å². The maximum absolute atomic E-state index is 14.0. The lowest BCUT2D eigenvalue weighted by atomic mass is 10.2. The fourth-order valence-corrected chi connectivity index (χ4v) is 3.94. The lowest BCUT2D eigenvalue weighted by Gasteiger charge is -2.37. The lowest BCUT2D eigenvalue weighted by molar-refractivity contribution is 0.594. The van der Waals surface area contributed by atoms with E-state index < -0.39 is 0 Å². The van der Waals surface area contributed by atoms with Gasteiger partial charge in [0.2, 0.25) is 0 Å². The number of nitrogens with zero attached hydrogens (tertiary/aromatic N) is 4. The monoisotopic (exact) mass is 432 g/mol. The zero-order valence-corrected chi connectivity index (χ0v) is 17.1. The van der Waals surface area contributed by atoms with Gasteiger partial charge in [-0.2, -0.15) is 5.10 Å². The summed E-state index contributed by atoms with van der Waals surface area (Å²) >= 11 is 12.6. The van der Waals surface area contributed by atoms with Gasteiger partial charge in [-0.05, 0) is 23.8 Å². The Bertz CT molecular complexity index is 1080. The first-order chi connectivity index (χ1) is 14.0. The molecule has 1 saturated heterocycles. The SMILES string of the molecule is O=c1c(Cl)c(N2CCN(c3ccccc3F)CC2)cnn1Cc1ccccc1Cl. The minimum atomic E-state index is -0.361. The summed E-state index contributed by atoms with van der Waals surface area (Å²) in [4.78, 5) is 16.7. The molecule has 29 heavy (non-hydrogen) atoms. The molecule has 2 aromatic carbocycles. The Hall–Kier alpha value is -2.57. The van der Waals surface area contributed by atoms with Crippen molar-refractivity contribution in [1.82, 2.24) is 9.78 Å². The van der Waals surface area contributed by atoms with Crippen LogP contribution in [0.5, 0.6) is 0 Å². The Morgan fingerprint density at radius 3 is 2.21 bits per heavy atom. The molecular weight excluding hydrogens is 414 g/mol. The van der Waals surface area contributed by atoms with Crippen LogP contribution in [0.4, 0.5) is 15.8 Å². The molecule has 0 spiro atoms. The summed E-state index contributed by atoms with van der Waals surface area (Å²) < 4.78 is 15.3. The van der Waals surface area contributed by atoms with Crippen LogP contribution in [0.1, 0.15) is 5.56 Å². The summed E-state index contributed by atoms with van der Waals surface area (Å²) in [6, 6.07) is 14.0. The second-order valence-electron chi connectivity index (χ2n) is 6.82. The van der Waals surface area contributed by atoms with Gasteiger partial charge in [-0.25, -0.2) is 9.07 Å². The summed E-state index contributed by atoms with van der Waals surface area (Å²) in [6.45, 7) is 2.73. The average Bonchev–Trinajstić information content (AvgIpc) is 2.74. The number of hydrogen-bond donors (Lipinski definition) is 0. The van der Waals surface area contributed by atoms with Crippen molar-refractivity contribution < 1.29 is 4.39 Å². The molecule has 5 nitrogen and oxygen atoms in total. The Morgan fingerprint density at radius 2 is 1.52 bits per heavy atom. The van der Waals surface area contributed by atoms with Crippen molar-refractivity contribution in [2.24, 2.45) is 0 Å². The molecule has 0 saturated carbocycles. The van der Waals surface area contributed by atoms with Gasteiger partial charge < -0.3 is 9.80 Å². The van der Waals surface area contributed by atoms with E-state index in [0.29, 0.717) is 42.6 Å². The Morgan fingerprint density at radius 1 is 0.897 bits per heavy atom. The van der Waals surface area contributed by atoms with E-state index in [2.05, 4.69) is 5.10 Å². The van der Waals surface area contributed by atoms with Crippen LogP contribution in [-0.4, -0.2) is 36.0 Å². The van der Waals surface area contributed by atoms with E-state index >= 15 is 0 Å². The van der Waals surface area contributed by atoms with E-state index in [1.165, 1.54) is 10.7 Å². The Kier molecular flexibility index (Phi) is 5.74. The van der Waals surface area contributed by atoms with E-state index in [1.807, 2.05) is 34.1 Å². The maximum Gasteiger partial charge on any atom is 0.287 e. The van der Waals surface area contributed by atoms with Crippen molar-refractivity contribution in [2.45, 2.75) is 6.54 Å². The molecule has 0 aliphatic carbocycles. The molecule has 8 heteroatoms. The van der Waals surface area contributed by atoms with Gasteiger partial charge in [0.1, 0.15) is 10.8 Å². The van der Waals surface area contributed by atoms with Gasteiger partial charge in [-0.15, -0.1) is 0 Å². The number of rotatable bonds is 4. The molecule has 0 radical (unpaired) electrons. The van der Waals surface area contributed by atoms with E-state index in [9.17, 15) is 9.18 Å². The summed E-state index contributed by atoms with van der Waals surface area (Å²) in [5.41, 5.74) is 1.62. The van der Waals surface area contributed by atoms with Gasteiger partial charge in [0.05, 0.1) is 24.1 Å². The van der Waals surface area contributed by atoms with Gasteiger partial charge in [0, 0.05) is 31.2 Å². The molecule has 0 amide bonds. The molecule has 1 aliphatic heterocycles. The van der Waals surface area contributed by atoms with Crippen LogP contribution in [0, 0.1) is 5.82 Å². The van der Waals surface area contributed by atoms with Gasteiger partial charge >= 0.3 is 0 Å². The average molecular weight is 433 g/mol. The molecule has 0 bridgehead atoms. The number of aromatic nitrogens is 2. The highest BCUT2D eigenvalue weighted by molar-refractivity contribution is 6.33. The molecule has 2 heterocycles. The zero-order valence-electron chi connectivity index (χ0n) is 15.6. The molecule has 0 atom stereocenters. The molecule has 4 rings (SSSR count). The third-order valence-electron chi connectivity index (χ3n) is 5.06. The second kappa shape index (κ2) is 8.43. The molecule has 1 fully saturated rings. The smallest absolute Gasteiger partial charge is 0.287 e. The quantitative estimate of drug-likeness (QED) is 0.623. The standard InChI is InChI=1S/C21H19Cl2FN4O/c22-16-6-2-1-5-15(16)14-28-21(29)20(23)19(13-25-28)27-11-9-26(10-12-27)18-8-4-3-7-17(18)24/h1-8,13H,9-12,14H2. The van der Waals surface area contributed by atoms with E-state index in [1.54, 1.807) is 24.4 Å². The predicted molar refractivity (Wildman–Crippen MR) is 115 cm³/mol. The number of piperazine rings is 1. The fourth-order valence-electron chi connectivity index (χ4n) is 3.47. The van der Waals surface area contributed by atoms with Crippen LogP contribution in [-0.2, 0) is 6.54 Å². The maximum atomic E-state index is 14.0. The third-order valence-corrected chi connectivity index (χ3v) is 5.78. The lowest BCUT2D eigenvalue weighted by Crippen LogP contribution is -2.47. The van der Waals surface area contributed by atoms with Gasteiger partial charge in [-0.3, -0.25) is 4.79 Å². The minimum absolute atomic E-state index is 0.131. The highest BCUT2D eigenvalue weighted by Gasteiger charge is 2.22. The molecule has 0 N–H and O–H groups in total. The van der Waals surface area contributed by atoms with Crippen LogP contribution in [0.2, 0.25) is 10.0 Å². The topological polar surface area (TPSA) is 41.4 Å². The minimum Gasteiger partial charge on any atom is -0.366 e. The van der Waals surface area contributed by atoms with Crippen LogP contribution in [0.15, 0.2) is 59.5 Å². The van der Waals surface area contributed by atoms with E-state index in [0.717, 1.165) is 5.56 Å². The molecular formula is C21H19Cl2FN4O. The number of benzene rings is 2.